The van der Waals surface area contributed by atoms with E-state index in [0.717, 1.165) is 16.7 Å². The molecular weight excluding hydrogens is 389 g/mol. The summed E-state index contributed by atoms with van der Waals surface area (Å²) in [7, 11) is -1.98. The largest absolute Gasteiger partial charge is 0.361 e. The topological polar surface area (TPSA) is 46.6 Å². The summed E-state index contributed by atoms with van der Waals surface area (Å²) >= 11 is 1.40. The smallest absolute Gasteiger partial charge is 0.290 e. The van der Waals surface area contributed by atoms with Crippen LogP contribution in [0.2, 0.25) is 0 Å². The molecule has 0 bridgehead atoms. The van der Waals surface area contributed by atoms with Crippen LogP contribution in [0.4, 0.5) is 0 Å². The third-order valence-electron chi connectivity index (χ3n) is 2.75. The Kier molecular flexibility index (Phi) is 6.22. The average Bonchev–Trinajstić information content (AvgIpc) is 2.38. The van der Waals surface area contributed by atoms with Crippen LogP contribution in [-0.2, 0) is 11.9 Å². The molecule has 0 radical (unpaired) electrons. The minimum Gasteiger partial charge on any atom is -0.361 e. The molecule has 0 saturated carbocycles. The van der Waals surface area contributed by atoms with Crippen molar-refractivity contribution in [3.8, 4) is 0 Å². The van der Waals surface area contributed by atoms with E-state index in [9.17, 15) is 8.42 Å². The van der Waals surface area contributed by atoms with Crippen LogP contribution in [0, 0.1) is 0 Å². The molecule has 4 nitrogen and oxygen atoms in total. The quantitative estimate of drug-likeness (QED) is 0.314. The molecule has 6 heteroatoms. The molecule has 0 N–H and O–H groups in total. The number of allylic oxidation sites excluding steroid dienone is 2. The first-order chi connectivity index (χ1) is 9.27. The minimum atomic E-state index is -3.45. The van der Waals surface area contributed by atoms with Crippen molar-refractivity contribution < 1.29 is 13.2 Å². The van der Waals surface area contributed by atoms with Gasteiger partial charge in [-0.05, 0) is 25.0 Å². The predicted molar refractivity (Wildman–Crippen MR) is 90.5 cm³/mol. The van der Waals surface area contributed by atoms with Crippen LogP contribution in [0.5, 0.6) is 0 Å². The number of ether oxygens (including phenoxy) is 1. The van der Waals surface area contributed by atoms with Gasteiger partial charge >= 0.3 is 0 Å². The Hall–Kier alpha value is -0.860. The van der Waals surface area contributed by atoms with Crippen molar-refractivity contribution in [1.82, 2.24) is 4.31 Å². The summed E-state index contributed by atoms with van der Waals surface area (Å²) in [6.07, 6.45) is 0.975. The molecule has 0 fully saturated rings. The summed E-state index contributed by atoms with van der Waals surface area (Å²) in [4.78, 5) is 0. The molecule has 1 atom stereocenters. The van der Waals surface area contributed by atoms with E-state index in [2.05, 4.69) is 6.58 Å². The van der Waals surface area contributed by atoms with Gasteiger partial charge < -0.3 is 4.74 Å². The number of hydrogen-bond donors (Lipinski definition) is 0. The molecule has 0 spiro atoms. The van der Waals surface area contributed by atoms with Gasteiger partial charge in [0, 0.05) is 18.9 Å². The molecule has 110 valence electrons. The normalized spacial score (nSPS) is 13.9. The van der Waals surface area contributed by atoms with Gasteiger partial charge in [-0.2, -0.15) is 8.42 Å². The highest BCUT2D eigenvalue weighted by Crippen LogP contribution is 2.25. The van der Waals surface area contributed by atoms with Gasteiger partial charge in [0.15, 0.2) is 0 Å². The Balaban J connectivity index is 3.35. The summed E-state index contributed by atoms with van der Waals surface area (Å²) in [5.74, 6) is 0. The van der Waals surface area contributed by atoms with Crippen molar-refractivity contribution in [2.75, 3.05) is 7.11 Å². The van der Waals surface area contributed by atoms with Gasteiger partial charge in [-0.1, -0.05) is 36.9 Å². The molecule has 0 saturated heterocycles. The highest BCUT2D eigenvalue weighted by molar-refractivity contribution is 14.2. The van der Waals surface area contributed by atoms with Gasteiger partial charge in [0.05, 0.1) is 21.2 Å². The molecule has 1 unspecified atom stereocenters. The summed E-state index contributed by atoms with van der Waals surface area (Å²) in [6.45, 7) is 7.43. The van der Waals surface area contributed by atoms with Gasteiger partial charge in [0.2, 0.25) is 0 Å². The molecule has 1 aromatic carbocycles. The predicted octanol–water partition coefficient (Wildman–Crippen LogP) is 3.58. The van der Waals surface area contributed by atoms with Crippen molar-refractivity contribution >= 4 is 34.0 Å². The molecule has 0 aliphatic rings. The van der Waals surface area contributed by atoms with Crippen LogP contribution >= 0.6 is 21.2 Å². The number of halogens is 1. The van der Waals surface area contributed by atoms with Crippen LogP contribution in [0.25, 0.3) is 5.57 Å². The molecule has 20 heavy (non-hydrogen) atoms. The zero-order valence-corrected chi connectivity index (χ0v) is 14.7. The molecule has 0 aliphatic carbocycles. The van der Waals surface area contributed by atoms with Crippen molar-refractivity contribution in [3.63, 3.8) is 0 Å². The molecule has 0 heterocycles. The van der Waals surface area contributed by atoms with Crippen molar-refractivity contribution in [2.45, 2.75) is 20.1 Å². The first kappa shape index (κ1) is 17.2. The van der Waals surface area contributed by atoms with Gasteiger partial charge in [-0.3, -0.25) is 0 Å². The van der Waals surface area contributed by atoms with Gasteiger partial charge in [0.1, 0.15) is 6.23 Å². The molecule has 0 aliphatic heterocycles. The second-order valence-electron chi connectivity index (χ2n) is 4.30. The van der Waals surface area contributed by atoms with Crippen LogP contribution in [0.15, 0.2) is 48.7 Å². The molecule has 1 rings (SSSR count). The third kappa shape index (κ3) is 4.60. The first-order valence-electron chi connectivity index (χ1n) is 5.96. The zero-order chi connectivity index (χ0) is 15.3. The molecular formula is C14H18INO3S. The summed E-state index contributed by atoms with van der Waals surface area (Å²) < 4.78 is 30.1. The average molecular weight is 407 g/mol. The maximum atomic E-state index is 11.9. The highest BCUT2D eigenvalue weighted by Gasteiger charge is 2.22. The monoisotopic (exact) mass is 407 g/mol. The van der Waals surface area contributed by atoms with Gasteiger partial charge in [-0.25, -0.2) is 4.31 Å². The van der Waals surface area contributed by atoms with Gasteiger partial charge in [-0.15, -0.1) is 0 Å². The Morgan fingerprint density at radius 3 is 2.35 bits per heavy atom. The lowest BCUT2D eigenvalue weighted by atomic mass is 10.0. The molecule has 0 aromatic heterocycles. The fraction of sp³-hybridized carbons (Fsp3) is 0.286. The lowest BCUT2D eigenvalue weighted by Crippen LogP contribution is -2.32. The Labute approximate surface area is 132 Å². The third-order valence-corrected chi connectivity index (χ3v) is 5.02. The van der Waals surface area contributed by atoms with Crippen LogP contribution < -0.4 is 0 Å². The number of hydrogen-bond acceptors (Lipinski definition) is 3. The summed E-state index contributed by atoms with van der Waals surface area (Å²) in [5, 5.41) is 0. The standard InChI is InChI=1S/C14H18INO3S/c1-11(2)14(13-8-6-5-7-9-13)10-16(12(3)19-4)20(15,17)18/h5-10,12H,1H2,2-4H3/b14-10+. The summed E-state index contributed by atoms with van der Waals surface area (Å²) in [6, 6.07) is 9.53. The second-order valence-corrected chi connectivity index (χ2v) is 8.88. The van der Waals surface area contributed by atoms with E-state index in [-0.39, 0.29) is 0 Å². The van der Waals surface area contributed by atoms with E-state index in [1.807, 2.05) is 37.3 Å². The van der Waals surface area contributed by atoms with E-state index in [1.54, 1.807) is 13.1 Å². The SMILES string of the molecule is C=C(C)/C(=C\N(C(C)OC)S(=O)(=O)I)c1ccccc1. The lowest BCUT2D eigenvalue weighted by molar-refractivity contribution is 0.0534. The highest BCUT2D eigenvalue weighted by atomic mass is 127. The fourth-order valence-corrected chi connectivity index (χ4v) is 3.60. The minimum absolute atomic E-state index is 0.588. The number of methoxy groups -OCH3 is 1. The van der Waals surface area contributed by atoms with Crippen molar-refractivity contribution in [2.24, 2.45) is 0 Å². The van der Waals surface area contributed by atoms with E-state index in [1.165, 1.54) is 32.6 Å². The van der Waals surface area contributed by atoms with Crippen molar-refractivity contribution in [3.05, 3.63) is 54.2 Å². The lowest BCUT2D eigenvalue weighted by Gasteiger charge is -2.24. The maximum Gasteiger partial charge on any atom is 0.290 e. The van der Waals surface area contributed by atoms with E-state index < -0.39 is 13.4 Å². The number of nitrogens with zero attached hydrogens (tertiary/aromatic N) is 1. The Morgan fingerprint density at radius 1 is 1.40 bits per heavy atom. The first-order valence-corrected chi connectivity index (χ1v) is 9.94. The van der Waals surface area contributed by atoms with E-state index in [0.29, 0.717) is 0 Å². The molecule has 0 amide bonds. The summed E-state index contributed by atoms with van der Waals surface area (Å²) in [5.41, 5.74) is 2.45. The van der Waals surface area contributed by atoms with E-state index in [4.69, 9.17) is 4.74 Å². The Bertz CT molecular complexity index is 596. The number of rotatable bonds is 6. The second kappa shape index (κ2) is 7.24. The van der Waals surface area contributed by atoms with Crippen LogP contribution in [-0.4, -0.2) is 26.1 Å². The van der Waals surface area contributed by atoms with Crippen molar-refractivity contribution in [1.29, 1.82) is 0 Å². The van der Waals surface area contributed by atoms with Gasteiger partial charge in [0.25, 0.3) is 7.19 Å². The zero-order valence-electron chi connectivity index (χ0n) is 11.7. The van der Waals surface area contributed by atoms with E-state index >= 15 is 0 Å². The maximum absolute atomic E-state index is 11.9. The number of benzene rings is 1. The molecule has 1 aromatic rings. The fourth-order valence-electron chi connectivity index (χ4n) is 1.63. The van der Waals surface area contributed by atoms with Crippen LogP contribution in [0.1, 0.15) is 19.4 Å². The van der Waals surface area contributed by atoms with Crippen LogP contribution in [0.3, 0.4) is 0 Å². The Morgan fingerprint density at radius 2 is 1.95 bits per heavy atom.